The van der Waals surface area contributed by atoms with E-state index in [4.69, 9.17) is 34.2 Å². The lowest BCUT2D eigenvalue weighted by Crippen LogP contribution is -2.12. The number of hydrogen-bond donors (Lipinski definition) is 1. The van der Waals surface area contributed by atoms with Gasteiger partial charge < -0.3 is 5.73 Å². The SMILES string of the molecule is N#Cc1cc(Cl)c(C(N)=O)c(Cl)c1. The molecule has 0 aliphatic carbocycles. The van der Waals surface area contributed by atoms with Crippen LogP contribution in [0.4, 0.5) is 0 Å². The summed E-state index contributed by atoms with van der Waals surface area (Å²) >= 11 is 11.3. The molecule has 0 atom stereocenters. The molecule has 3 nitrogen and oxygen atoms in total. The fraction of sp³-hybridized carbons (Fsp3) is 0. The highest BCUT2D eigenvalue weighted by Crippen LogP contribution is 2.25. The lowest BCUT2D eigenvalue weighted by atomic mass is 10.1. The van der Waals surface area contributed by atoms with Gasteiger partial charge in [0.25, 0.3) is 5.91 Å². The third kappa shape index (κ3) is 1.92. The van der Waals surface area contributed by atoms with Crippen molar-refractivity contribution >= 4 is 29.1 Å². The molecule has 0 aromatic heterocycles. The van der Waals surface area contributed by atoms with E-state index in [1.807, 2.05) is 6.07 Å². The van der Waals surface area contributed by atoms with E-state index in [2.05, 4.69) is 0 Å². The fourth-order valence-electron chi connectivity index (χ4n) is 0.873. The quantitative estimate of drug-likeness (QED) is 0.777. The van der Waals surface area contributed by atoms with E-state index in [-0.39, 0.29) is 15.6 Å². The van der Waals surface area contributed by atoms with Crippen LogP contribution in [0.1, 0.15) is 15.9 Å². The van der Waals surface area contributed by atoms with Crippen molar-refractivity contribution in [1.29, 1.82) is 5.26 Å². The summed E-state index contributed by atoms with van der Waals surface area (Å²) in [5.41, 5.74) is 5.35. The first-order valence-corrected chi connectivity index (χ1v) is 4.01. The highest BCUT2D eigenvalue weighted by Gasteiger charge is 2.12. The minimum atomic E-state index is -0.709. The van der Waals surface area contributed by atoms with Crippen molar-refractivity contribution in [2.75, 3.05) is 0 Å². The lowest BCUT2D eigenvalue weighted by molar-refractivity contribution is 0.100. The number of nitriles is 1. The number of nitrogens with two attached hydrogens (primary N) is 1. The van der Waals surface area contributed by atoms with Gasteiger partial charge in [0.1, 0.15) is 0 Å². The Labute approximate surface area is 84.7 Å². The zero-order valence-electron chi connectivity index (χ0n) is 6.34. The molecule has 0 saturated heterocycles. The van der Waals surface area contributed by atoms with Crippen LogP contribution in [-0.2, 0) is 0 Å². The average Bonchev–Trinajstić information content (AvgIpc) is 2.02. The van der Waals surface area contributed by atoms with E-state index in [0.717, 1.165) is 0 Å². The molecule has 2 N–H and O–H groups in total. The predicted molar refractivity (Wildman–Crippen MR) is 49.7 cm³/mol. The molecule has 0 fully saturated rings. The monoisotopic (exact) mass is 214 g/mol. The molecule has 0 bridgehead atoms. The van der Waals surface area contributed by atoms with Crippen LogP contribution in [0.5, 0.6) is 0 Å². The number of halogens is 2. The van der Waals surface area contributed by atoms with Crippen LogP contribution in [-0.4, -0.2) is 5.91 Å². The maximum absolute atomic E-state index is 10.8. The second-order valence-electron chi connectivity index (χ2n) is 2.29. The highest BCUT2D eigenvalue weighted by atomic mass is 35.5. The zero-order chi connectivity index (χ0) is 10.0. The number of hydrogen-bond acceptors (Lipinski definition) is 2. The number of benzene rings is 1. The van der Waals surface area contributed by atoms with Gasteiger partial charge in [0.2, 0.25) is 0 Å². The molecule has 0 radical (unpaired) electrons. The second-order valence-corrected chi connectivity index (χ2v) is 3.11. The Bertz CT molecular complexity index is 386. The van der Waals surface area contributed by atoms with Crippen molar-refractivity contribution in [1.82, 2.24) is 0 Å². The van der Waals surface area contributed by atoms with Gasteiger partial charge in [0.15, 0.2) is 0 Å². The van der Waals surface area contributed by atoms with Gasteiger partial charge in [-0.1, -0.05) is 23.2 Å². The molecule has 13 heavy (non-hydrogen) atoms. The Morgan fingerprint density at radius 3 is 2.15 bits per heavy atom. The zero-order valence-corrected chi connectivity index (χ0v) is 7.86. The number of rotatable bonds is 1. The molecule has 1 amide bonds. The van der Waals surface area contributed by atoms with Crippen LogP contribution in [0.3, 0.4) is 0 Å². The average molecular weight is 215 g/mol. The Hall–Kier alpha value is -1.24. The predicted octanol–water partition coefficient (Wildman–Crippen LogP) is 1.96. The van der Waals surface area contributed by atoms with Gasteiger partial charge in [-0.05, 0) is 12.1 Å². The van der Waals surface area contributed by atoms with E-state index in [1.54, 1.807) is 0 Å². The first-order chi connectivity index (χ1) is 6.06. The molecule has 5 heteroatoms. The summed E-state index contributed by atoms with van der Waals surface area (Å²) in [6.07, 6.45) is 0. The van der Waals surface area contributed by atoms with E-state index in [0.29, 0.717) is 5.56 Å². The van der Waals surface area contributed by atoms with Crippen LogP contribution in [0.25, 0.3) is 0 Å². The summed E-state index contributed by atoms with van der Waals surface area (Å²) in [6.45, 7) is 0. The Morgan fingerprint density at radius 1 is 1.38 bits per heavy atom. The Kier molecular flexibility index (Phi) is 2.76. The van der Waals surface area contributed by atoms with Gasteiger partial charge in [0, 0.05) is 0 Å². The Balaban J connectivity index is 3.42. The molecule has 1 rings (SSSR count). The van der Waals surface area contributed by atoms with Crippen LogP contribution >= 0.6 is 23.2 Å². The van der Waals surface area contributed by atoms with Gasteiger partial charge in [-0.3, -0.25) is 4.79 Å². The first kappa shape index (κ1) is 9.85. The van der Waals surface area contributed by atoms with Crippen LogP contribution < -0.4 is 5.73 Å². The fourth-order valence-corrected chi connectivity index (χ4v) is 1.55. The number of carbonyl (C=O) groups excluding carboxylic acids is 1. The number of amides is 1. The molecule has 0 heterocycles. The number of carbonyl (C=O) groups is 1. The summed E-state index contributed by atoms with van der Waals surface area (Å²) < 4.78 is 0. The summed E-state index contributed by atoms with van der Waals surface area (Å²) in [5.74, 6) is -0.709. The molecule has 0 unspecified atom stereocenters. The van der Waals surface area contributed by atoms with Crippen molar-refractivity contribution in [2.24, 2.45) is 5.73 Å². The first-order valence-electron chi connectivity index (χ1n) is 3.25. The smallest absolute Gasteiger partial charge is 0.251 e. The standard InChI is InChI=1S/C8H4Cl2N2O/c9-5-1-4(3-11)2-6(10)7(5)8(12)13/h1-2H,(H2,12,13). The third-order valence-corrected chi connectivity index (χ3v) is 2.01. The summed E-state index contributed by atoms with van der Waals surface area (Å²) in [6, 6.07) is 4.54. The van der Waals surface area contributed by atoms with Crippen LogP contribution in [0.15, 0.2) is 12.1 Å². The molecule has 66 valence electrons. The summed E-state index contributed by atoms with van der Waals surface area (Å²) in [5, 5.41) is 8.72. The van der Waals surface area contributed by atoms with Gasteiger partial charge in [0.05, 0.1) is 27.2 Å². The van der Waals surface area contributed by atoms with Crippen LogP contribution in [0.2, 0.25) is 10.0 Å². The molecular weight excluding hydrogens is 211 g/mol. The normalized spacial score (nSPS) is 9.31. The lowest BCUT2D eigenvalue weighted by Gasteiger charge is -2.02. The van der Waals surface area contributed by atoms with E-state index in [1.165, 1.54) is 12.1 Å². The maximum Gasteiger partial charge on any atom is 0.251 e. The number of nitrogens with zero attached hydrogens (tertiary/aromatic N) is 1. The van der Waals surface area contributed by atoms with Gasteiger partial charge >= 0.3 is 0 Å². The largest absolute Gasteiger partial charge is 0.366 e. The number of primary amides is 1. The Morgan fingerprint density at radius 2 is 1.85 bits per heavy atom. The van der Waals surface area contributed by atoms with Crippen LogP contribution in [0, 0.1) is 11.3 Å². The molecule has 1 aromatic carbocycles. The van der Waals surface area contributed by atoms with Crippen molar-refractivity contribution in [3.05, 3.63) is 33.3 Å². The van der Waals surface area contributed by atoms with E-state index in [9.17, 15) is 4.79 Å². The van der Waals surface area contributed by atoms with Crippen molar-refractivity contribution in [3.8, 4) is 6.07 Å². The van der Waals surface area contributed by atoms with E-state index < -0.39 is 5.91 Å². The highest BCUT2D eigenvalue weighted by molar-refractivity contribution is 6.39. The molecule has 0 saturated carbocycles. The minimum Gasteiger partial charge on any atom is -0.366 e. The maximum atomic E-state index is 10.8. The molecular formula is C8H4Cl2N2O. The van der Waals surface area contributed by atoms with Crippen molar-refractivity contribution in [2.45, 2.75) is 0 Å². The van der Waals surface area contributed by atoms with Gasteiger partial charge in [-0.15, -0.1) is 0 Å². The van der Waals surface area contributed by atoms with Gasteiger partial charge in [-0.25, -0.2) is 0 Å². The molecule has 0 aliphatic rings. The minimum absolute atomic E-state index is 0.0438. The molecule has 0 spiro atoms. The van der Waals surface area contributed by atoms with Crippen molar-refractivity contribution < 1.29 is 4.79 Å². The molecule has 0 aliphatic heterocycles. The second kappa shape index (κ2) is 3.65. The summed E-state index contributed by atoms with van der Waals surface area (Å²) in [4.78, 5) is 10.8. The molecule has 1 aromatic rings. The summed E-state index contributed by atoms with van der Waals surface area (Å²) in [7, 11) is 0. The van der Waals surface area contributed by atoms with Gasteiger partial charge in [-0.2, -0.15) is 5.26 Å². The van der Waals surface area contributed by atoms with Crippen molar-refractivity contribution in [3.63, 3.8) is 0 Å². The topological polar surface area (TPSA) is 66.9 Å². The third-order valence-electron chi connectivity index (χ3n) is 1.42. The van der Waals surface area contributed by atoms with E-state index >= 15 is 0 Å².